The average molecular weight is 764 g/mol. The van der Waals surface area contributed by atoms with Gasteiger partial charge in [0.1, 0.15) is 17.8 Å². The number of hydrogen-bond acceptors (Lipinski definition) is 9. The predicted octanol–water partition coefficient (Wildman–Crippen LogP) is 3.50. The molecule has 0 saturated carbocycles. The second-order valence-electron chi connectivity index (χ2n) is 13.3. The molecule has 0 saturated heterocycles. The van der Waals surface area contributed by atoms with Crippen LogP contribution in [0.1, 0.15) is 133 Å². The number of aromatic carboxylic acids is 1. The Balaban J connectivity index is 2.17. The van der Waals surface area contributed by atoms with Crippen molar-refractivity contribution in [3.05, 3.63) is 29.8 Å². The van der Waals surface area contributed by atoms with Crippen molar-refractivity contribution in [2.75, 3.05) is 19.7 Å². The Morgan fingerprint density at radius 3 is 1.67 bits per heavy atom. The molecule has 0 bridgehead atoms. The van der Waals surface area contributed by atoms with Crippen molar-refractivity contribution in [2.45, 2.75) is 141 Å². The molecule has 0 spiro atoms. The van der Waals surface area contributed by atoms with E-state index in [1.54, 1.807) is 12.1 Å². The van der Waals surface area contributed by atoms with E-state index in [1.807, 2.05) is 6.92 Å². The first kappa shape index (κ1) is 47.3. The van der Waals surface area contributed by atoms with Gasteiger partial charge in [-0.1, -0.05) is 51.9 Å². The second-order valence-corrected chi connectivity index (χ2v) is 13.3. The van der Waals surface area contributed by atoms with E-state index in [2.05, 4.69) is 21.3 Å². The fraction of sp³-hybridized carbons (Fsp3) is 0.658. The molecule has 9 N–H and O–H groups in total. The monoisotopic (exact) mass is 763 g/mol. The number of carboxylic acid groups (broad SMARTS) is 3. The molecule has 304 valence electrons. The lowest BCUT2D eigenvalue weighted by Gasteiger charge is -2.17. The summed E-state index contributed by atoms with van der Waals surface area (Å²) in [5.41, 5.74) is 6.06. The van der Waals surface area contributed by atoms with Crippen LogP contribution in [0.15, 0.2) is 24.3 Å². The van der Waals surface area contributed by atoms with Crippen molar-refractivity contribution in [1.29, 1.82) is 0 Å². The summed E-state index contributed by atoms with van der Waals surface area (Å²) in [7, 11) is 0. The molecule has 1 unspecified atom stereocenters. The van der Waals surface area contributed by atoms with Crippen LogP contribution in [0.5, 0.6) is 5.75 Å². The van der Waals surface area contributed by atoms with Gasteiger partial charge in [-0.15, -0.1) is 0 Å². The number of rotatable bonds is 32. The molecule has 1 aromatic rings. The van der Waals surface area contributed by atoms with Crippen LogP contribution in [0, 0.1) is 0 Å². The van der Waals surface area contributed by atoms with Crippen LogP contribution >= 0.6 is 0 Å². The molecular weight excluding hydrogens is 702 g/mol. The number of carbonyl (C=O) groups is 7. The molecule has 4 amide bonds. The van der Waals surface area contributed by atoms with Gasteiger partial charge in [0.25, 0.3) is 0 Å². The Morgan fingerprint density at radius 1 is 0.611 bits per heavy atom. The van der Waals surface area contributed by atoms with Crippen molar-refractivity contribution in [3.63, 3.8) is 0 Å². The normalized spacial score (nSPS) is 12.5. The van der Waals surface area contributed by atoms with Crippen LogP contribution in [0.4, 0.5) is 0 Å². The van der Waals surface area contributed by atoms with Gasteiger partial charge in [-0.25, -0.2) is 14.4 Å². The van der Waals surface area contributed by atoms with E-state index in [0.29, 0.717) is 51.1 Å². The van der Waals surface area contributed by atoms with Crippen molar-refractivity contribution in [1.82, 2.24) is 21.3 Å². The summed E-state index contributed by atoms with van der Waals surface area (Å²) in [5, 5.41) is 38.2. The molecular formula is C38H61N5O11. The number of carbonyl (C=O) groups excluding carboxylic acids is 4. The summed E-state index contributed by atoms with van der Waals surface area (Å²) in [5.74, 6) is -4.71. The van der Waals surface area contributed by atoms with Gasteiger partial charge in [0, 0.05) is 32.4 Å². The molecule has 0 radical (unpaired) electrons. The molecule has 0 fully saturated rings. The van der Waals surface area contributed by atoms with Crippen LogP contribution in [-0.2, 0) is 28.8 Å². The van der Waals surface area contributed by atoms with Crippen molar-refractivity contribution >= 4 is 41.5 Å². The van der Waals surface area contributed by atoms with Gasteiger partial charge in [-0.3, -0.25) is 19.2 Å². The SMILES string of the molecule is CCCNC(=O)[C@@H](N)CCCCNC(=O)CCC(NC(=O)CC[C@H](NC(=O)CCCCCCCCCCCOc1ccc(C(=O)O)cc1)C(=O)O)C(=O)O. The number of amides is 4. The molecule has 0 heterocycles. The highest BCUT2D eigenvalue weighted by Gasteiger charge is 2.24. The molecule has 16 nitrogen and oxygen atoms in total. The van der Waals surface area contributed by atoms with E-state index >= 15 is 0 Å². The summed E-state index contributed by atoms with van der Waals surface area (Å²) >= 11 is 0. The minimum absolute atomic E-state index is 0.155. The van der Waals surface area contributed by atoms with Gasteiger partial charge in [-0.2, -0.15) is 0 Å². The summed E-state index contributed by atoms with van der Waals surface area (Å²) in [6, 6.07) is 3.05. The molecule has 16 heteroatoms. The number of nitrogens with one attached hydrogen (secondary N) is 4. The quantitative estimate of drug-likeness (QED) is 0.0491. The molecule has 54 heavy (non-hydrogen) atoms. The van der Waals surface area contributed by atoms with Gasteiger partial charge in [0.15, 0.2) is 0 Å². The maximum absolute atomic E-state index is 12.4. The van der Waals surface area contributed by atoms with E-state index in [-0.39, 0.29) is 43.6 Å². The zero-order valence-corrected chi connectivity index (χ0v) is 31.6. The third-order valence-corrected chi connectivity index (χ3v) is 8.66. The maximum Gasteiger partial charge on any atom is 0.335 e. The minimum atomic E-state index is -1.35. The average Bonchev–Trinajstić information content (AvgIpc) is 3.13. The molecule has 1 rings (SSSR count). The zero-order valence-electron chi connectivity index (χ0n) is 31.6. The van der Waals surface area contributed by atoms with Gasteiger partial charge in [-0.05, 0) is 75.6 Å². The third kappa shape index (κ3) is 23.0. The fourth-order valence-corrected chi connectivity index (χ4v) is 5.42. The Morgan fingerprint density at radius 2 is 1.13 bits per heavy atom. The highest BCUT2D eigenvalue weighted by Crippen LogP contribution is 2.14. The summed E-state index contributed by atoms with van der Waals surface area (Å²) in [6.45, 7) is 3.39. The molecule has 1 aromatic carbocycles. The Kier molecular flexibility index (Phi) is 25.2. The fourth-order valence-electron chi connectivity index (χ4n) is 5.42. The largest absolute Gasteiger partial charge is 0.494 e. The number of nitrogens with two attached hydrogens (primary N) is 1. The lowest BCUT2D eigenvalue weighted by Crippen LogP contribution is -2.44. The standard InChI is InChI=1S/C38H61N5O11/c1-2-24-41-35(47)29(39)14-11-12-25-40-32(44)22-20-30(37(50)51)43-34(46)23-21-31(38(52)53)42-33(45)15-10-8-6-4-3-5-7-9-13-26-54-28-18-16-27(17-19-28)36(48)49/h16-19,29-31H,2-15,20-26,39H2,1H3,(H,40,44)(H,41,47)(H,42,45)(H,43,46)(H,48,49)(H,50,51)(H,52,53)/t29-,30?,31-/m0/s1. The van der Waals surface area contributed by atoms with E-state index in [9.17, 15) is 43.8 Å². The first-order valence-electron chi connectivity index (χ1n) is 19.1. The van der Waals surface area contributed by atoms with Gasteiger partial charge in [0.2, 0.25) is 23.6 Å². The highest BCUT2D eigenvalue weighted by molar-refractivity contribution is 5.88. The number of unbranched alkanes of at least 4 members (excludes halogenated alkanes) is 9. The highest BCUT2D eigenvalue weighted by atomic mass is 16.5. The lowest BCUT2D eigenvalue weighted by molar-refractivity contribution is -0.143. The Hall–Kier alpha value is -4.73. The zero-order chi connectivity index (χ0) is 40.1. The summed E-state index contributed by atoms with van der Waals surface area (Å²) in [6.07, 6.45) is 10.3. The molecule has 0 aliphatic carbocycles. The van der Waals surface area contributed by atoms with Crippen LogP contribution in [0.25, 0.3) is 0 Å². The molecule has 0 aromatic heterocycles. The van der Waals surface area contributed by atoms with Gasteiger partial charge >= 0.3 is 17.9 Å². The van der Waals surface area contributed by atoms with E-state index in [0.717, 1.165) is 57.8 Å². The van der Waals surface area contributed by atoms with E-state index in [4.69, 9.17) is 15.6 Å². The number of ether oxygens (including phenoxy) is 1. The van der Waals surface area contributed by atoms with E-state index < -0.39 is 53.8 Å². The third-order valence-electron chi connectivity index (χ3n) is 8.66. The first-order chi connectivity index (χ1) is 25.8. The van der Waals surface area contributed by atoms with Gasteiger partial charge in [0.05, 0.1) is 18.2 Å². The molecule has 3 atom stereocenters. The van der Waals surface area contributed by atoms with Crippen molar-refractivity contribution < 1.29 is 53.6 Å². The van der Waals surface area contributed by atoms with Crippen LogP contribution in [-0.4, -0.2) is 94.7 Å². The summed E-state index contributed by atoms with van der Waals surface area (Å²) in [4.78, 5) is 83.1. The first-order valence-corrected chi connectivity index (χ1v) is 19.1. The van der Waals surface area contributed by atoms with Crippen LogP contribution in [0.2, 0.25) is 0 Å². The number of aliphatic carboxylic acids is 2. The predicted molar refractivity (Wildman–Crippen MR) is 201 cm³/mol. The number of benzene rings is 1. The Labute approximate surface area is 317 Å². The summed E-state index contributed by atoms with van der Waals surface area (Å²) < 4.78 is 5.64. The second kappa shape index (κ2) is 28.7. The van der Waals surface area contributed by atoms with Crippen molar-refractivity contribution in [2.24, 2.45) is 5.73 Å². The van der Waals surface area contributed by atoms with Crippen molar-refractivity contribution in [3.8, 4) is 5.75 Å². The lowest BCUT2D eigenvalue weighted by atomic mass is 10.1. The van der Waals surface area contributed by atoms with E-state index in [1.165, 1.54) is 12.1 Å². The molecule has 0 aliphatic heterocycles. The maximum atomic E-state index is 12.4. The number of hydrogen-bond donors (Lipinski definition) is 8. The van der Waals surface area contributed by atoms with Crippen LogP contribution < -0.4 is 31.7 Å². The van der Waals surface area contributed by atoms with Gasteiger partial charge < -0.3 is 47.1 Å². The Bertz CT molecular complexity index is 1310. The topological polar surface area (TPSA) is 264 Å². The molecule has 0 aliphatic rings. The van der Waals surface area contributed by atoms with Crippen LogP contribution in [0.3, 0.4) is 0 Å². The number of carboxylic acids is 3. The minimum Gasteiger partial charge on any atom is -0.494 e. The smallest absolute Gasteiger partial charge is 0.335 e.